The maximum Gasteiger partial charge on any atom is 0.309 e. The third kappa shape index (κ3) is 1.74. The number of carbonyl (C=O) groups is 1. The highest BCUT2D eigenvalue weighted by atomic mass is 16.5. The second-order valence-corrected chi connectivity index (χ2v) is 3.60. The number of rotatable bonds is 3. The van der Waals surface area contributed by atoms with Crippen molar-refractivity contribution in [1.29, 1.82) is 0 Å². The van der Waals surface area contributed by atoms with Gasteiger partial charge in [-0.05, 0) is 13.3 Å². The van der Waals surface area contributed by atoms with Gasteiger partial charge >= 0.3 is 5.97 Å². The van der Waals surface area contributed by atoms with Crippen LogP contribution in [0.3, 0.4) is 0 Å². The molecule has 15 heavy (non-hydrogen) atoms. The zero-order valence-corrected chi connectivity index (χ0v) is 8.59. The number of aliphatic carboxylic acids is 1. The number of carboxylic acid groups (broad SMARTS) is 1. The molecule has 0 aliphatic carbocycles. The van der Waals surface area contributed by atoms with Crippen molar-refractivity contribution in [2.75, 3.05) is 6.61 Å². The van der Waals surface area contributed by atoms with Crippen molar-refractivity contribution >= 4 is 5.97 Å². The zero-order valence-electron chi connectivity index (χ0n) is 8.59. The smallest absolute Gasteiger partial charge is 0.309 e. The molecule has 2 atom stereocenters. The van der Waals surface area contributed by atoms with Gasteiger partial charge in [0, 0.05) is 25.5 Å². The SMILES string of the molecule is CCn1ccnc1[C@@H]1OCC[C@H]1C(=O)O. The van der Waals surface area contributed by atoms with Gasteiger partial charge in [0.1, 0.15) is 11.9 Å². The van der Waals surface area contributed by atoms with E-state index in [4.69, 9.17) is 9.84 Å². The standard InChI is InChI=1S/C10H14N2O3/c1-2-12-5-4-11-9(12)8-7(10(13)14)3-6-15-8/h4-5,7-8H,2-3,6H2,1H3,(H,13,14)/t7-,8-/m1/s1. The van der Waals surface area contributed by atoms with E-state index in [0.29, 0.717) is 13.0 Å². The van der Waals surface area contributed by atoms with Gasteiger partial charge < -0.3 is 14.4 Å². The van der Waals surface area contributed by atoms with Crippen LogP contribution in [0.2, 0.25) is 0 Å². The molecule has 0 spiro atoms. The number of aromatic nitrogens is 2. The van der Waals surface area contributed by atoms with E-state index in [0.717, 1.165) is 12.4 Å². The Labute approximate surface area is 87.7 Å². The third-order valence-corrected chi connectivity index (χ3v) is 2.75. The van der Waals surface area contributed by atoms with Crippen LogP contribution in [0, 0.1) is 5.92 Å². The highest BCUT2D eigenvalue weighted by molar-refractivity contribution is 5.71. The van der Waals surface area contributed by atoms with Crippen molar-refractivity contribution in [3.63, 3.8) is 0 Å². The molecular weight excluding hydrogens is 196 g/mol. The summed E-state index contributed by atoms with van der Waals surface area (Å²) in [5.41, 5.74) is 0. The fourth-order valence-electron chi connectivity index (χ4n) is 1.94. The monoisotopic (exact) mass is 210 g/mol. The first-order valence-corrected chi connectivity index (χ1v) is 5.09. The molecule has 1 aromatic heterocycles. The molecule has 1 N–H and O–H groups in total. The lowest BCUT2D eigenvalue weighted by Gasteiger charge is -2.15. The van der Waals surface area contributed by atoms with E-state index in [1.54, 1.807) is 6.20 Å². The van der Waals surface area contributed by atoms with E-state index >= 15 is 0 Å². The van der Waals surface area contributed by atoms with Gasteiger partial charge in [-0.1, -0.05) is 0 Å². The van der Waals surface area contributed by atoms with Crippen molar-refractivity contribution in [2.24, 2.45) is 5.92 Å². The van der Waals surface area contributed by atoms with Gasteiger partial charge in [-0.3, -0.25) is 4.79 Å². The number of aryl methyl sites for hydroxylation is 1. The van der Waals surface area contributed by atoms with Crippen molar-refractivity contribution in [3.8, 4) is 0 Å². The van der Waals surface area contributed by atoms with Gasteiger partial charge in [0.2, 0.25) is 0 Å². The predicted octanol–water partition coefficient (Wildman–Crippen LogP) is 1.07. The average Bonchev–Trinajstić information content (AvgIpc) is 2.85. The molecule has 1 aromatic rings. The van der Waals surface area contributed by atoms with Crippen LogP contribution in [0.25, 0.3) is 0 Å². The Balaban J connectivity index is 2.26. The van der Waals surface area contributed by atoms with Gasteiger partial charge in [-0.15, -0.1) is 0 Å². The Kier molecular flexibility index (Phi) is 2.73. The Morgan fingerprint density at radius 1 is 1.80 bits per heavy atom. The summed E-state index contributed by atoms with van der Waals surface area (Å²) in [7, 11) is 0. The van der Waals surface area contributed by atoms with Crippen LogP contribution >= 0.6 is 0 Å². The van der Waals surface area contributed by atoms with Crippen molar-refractivity contribution < 1.29 is 14.6 Å². The summed E-state index contributed by atoms with van der Waals surface area (Å²) in [6.45, 7) is 3.27. The molecule has 5 heteroatoms. The van der Waals surface area contributed by atoms with Crippen LogP contribution in [0.15, 0.2) is 12.4 Å². The van der Waals surface area contributed by atoms with Crippen LogP contribution in [0.5, 0.6) is 0 Å². The molecular formula is C10H14N2O3. The van der Waals surface area contributed by atoms with E-state index in [-0.39, 0.29) is 0 Å². The molecule has 1 fully saturated rings. The minimum absolute atomic E-state index is 0.391. The number of carboxylic acids is 1. The van der Waals surface area contributed by atoms with E-state index < -0.39 is 18.0 Å². The minimum atomic E-state index is -0.803. The van der Waals surface area contributed by atoms with E-state index in [9.17, 15) is 4.79 Å². The van der Waals surface area contributed by atoms with Gasteiger partial charge in [0.25, 0.3) is 0 Å². The molecule has 2 heterocycles. The summed E-state index contributed by atoms with van der Waals surface area (Å²) < 4.78 is 7.37. The molecule has 82 valence electrons. The van der Waals surface area contributed by atoms with Crippen molar-refractivity contribution in [3.05, 3.63) is 18.2 Å². The minimum Gasteiger partial charge on any atom is -0.481 e. The first-order chi connectivity index (χ1) is 7.24. The maximum absolute atomic E-state index is 11.0. The van der Waals surface area contributed by atoms with Crippen LogP contribution in [0.1, 0.15) is 25.3 Å². The quantitative estimate of drug-likeness (QED) is 0.810. The molecule has 2 rings (SSSR count). The molecule has 0 amide bonds. The number of ether oxygens (including phenoxy) is 1. The lowest BCUT2D eigenvalue weighted by atomic mass is 10.0. The molecule has 1 saturated heterocycles. The molecule has 0 bridgehead atoms. The highest BCUT2D eigenvalue weighted by Gasteiger charge is 2.37. The highest BCUT2D eigenvalue weighted by Crippen LogP contribution is 2.33. The lowest BCUT2D eigenvalue weighted by molar-refractivity contribution is -0.143. The molecule has 5 nitrogen and oxygen atoms in total. The molecule has 0 aromatic carbocycles. The molecule has 0 unspecified atom stereocenters. The second kappa shape index (κ2) is 4.02. The summed E-state index contributed by atoms with van der Waals surface area (Å²) in [5, 5.41) is 9.03. The zero-order chi connectivity index (χ0) is 10.8. The molecule has 1 aliphatic rings. The van der Waals surface area contributed by atoms with E-state index in [2.05, 4.69) is 4.98 Å². The number of hydrogen-bond acceptors (Lipinski definition) is 3. The molecule has 1 aliphatic heterocycles. The summed E-state index contributed by atoms with van der Waals surface area (Å²) in [6.07, 6.45) is 3.70. The Morgan fingerprint density at radius 2 is 2.60 bits per heavy atom. The van der Waals surface area contributed by atoms with Gasteiger partial charge in [-0.25, -0.2) is 4.98 Å². The lowest BCUT2D eigenvalue weighted by Crippen LogP contribution is -2.20. The van der Waals surface area contributed by atoms with Gasteiger partial charge in [0.15, 0.2) is 0 Å². The first kappa shape index (κ1) is 10.2. The molecule has 0 saturated carbocycles. The predicted molar refractivity (Wildman–Crippen MR) is 52.3 cm³/mol. The van der Waals surface area contributed by atoms with Crippen LogP contribution in [-0.4, -0.2) is 27.2 Å². The Bertz CT molecular complexity index is 361. The fraction of sp³-hybridized carbons (Fsp3) is 0.600. The number of nitrogens with zero attached hydrogens (tertiary/aromatic N) is 2. The average molecular weight is 210 g/mol. The van der Waals surface area contributed by atoms with Crippen LogP contribution < -0.4 is 0 Å². The Morgan fingerprint density at radius 3 is 3.27 bits per heavy atom. The van der Waals surface area contributed by atoms with Gasteiger partial charge in [-0.2, -0.15) is 0 Å². The largest absolute Gasteiger partial charge is 0.481 e. The van der Waals surface area contributed by atoms with E-state index in [1.807, 2.05) is 17.7 Å². The van der Waals surface area contributed by atoms with Crippen LogP contribution in [0.4, 0.5) is 0 Å². The first-order valence-electron chi connectivity index (χ1n) is 5.09. The second-order valence-electron chi connectivity index (χ2n) is 3.60. The summed E-state index contributed by atoms with van der Waals surface area (Å²) in [5.74, 6) is -0.539. The maximum atomic E-state index is 11.0. The molecule has 0 radical (unpaired) electrons. The van der Waals surface area contributed by atoms with Crippen LogP contribution in [-0.2, 0) is 16.1 Å². The van der Waals surface area contributed by atoms with Crippen molar-refractivity contribution in [2.45, 2.75) is 26.0 Å². The summed E-state index contributed by atoms with van der Waals surface area (Å²) >= 11 is 0. The normalized spacial score (nSPS) is 25.7. The van der Waals surface area contributed by atoms with E-state index in [1.165, 1.54) is 0 Å². The fourth-order valence-corrected chi connectivity index (χ4v) is 1.94. The number of imidazole rings is 1. The topological polar surface area (TPSA) is 64.4 Å². The number of hydrogen-bond donors (Lipinski definition) is 1. The summed E-state index contributed by atoms with van der Waals surface area (Å²) in [4.78, 5) is 15.2. The Hall–Kier alpha value is -1.36. The summed E-state index contributed by atoms with van der Waals surface area (Å²) in [6, 6.07) is 0. The van der Waals surface area contributed by atoms with Gasteiger partial charge in [0.05, 0.1) is 5.92 Å². The van der Waals surface area contributed by atoms with Crippen molar-refractivity contribution in [1.82, 2.24) is 9.55 Å². The third-order valence-electron chi connectivity index (χ3n) is 2.75.